The lowest BCUT2D eigenvalue weighted by Gasteiger charge is -2.31. The van der Waals surface area contributed by atoms with Crippen LogP contribution in [0.25, 0.3) is 0 Å². The summed E-state index contributed by atoms with van der Waals surface area (Å²) >= 11 is 0. The number of hydrogen-bond donors (Lipinski definition) is 3. The number of aliphatic imine (C=N–C) groups is 1. The lowest BCUT2D eigenvalue weighted by atomic mass is 9.85. The fraction of sp³-hybridized carbons (Fsp3) is 0.636. The maximum Gasteiger partial charge on any atom is 0.223 e. The van der Waals surface area contributed by atoms with Crippen molar-refractivity contribution >= 4 is 35.8 Å². The first-order valence-corrected chi connectivity index (χ1v) is 10.8. The van der Waals surface area contributed by atoms with Gasteiger partial charge >= 0.3 is 0 Å². The van der Waals surface area contributed by atoms with Crippen LogP contribution in [0.15, 0.2) is 23.2 Å². The molecule has 1 amide bonds. The number of rotatable bonds is 7. The Bertz CT molecular complexity index is 752. The third kappa shape index (κ3) is 7.27. The Labute approximate surface area is 200 Å². The van der Waals surface area contributed by atoms with E-state index < -0.39 is 17.7 Å². The highest BCUT2D eigenvalue weighted by atomic mass is 127. The quantitative estimate of drug-likeness (QED) is 0.278. The normalized spacial score (nSPS) is 22.5. The van der Waals surface area contributed by atoms with E-state index in [2.05, 4.69) is 20.9 Å². The van der Waals surface area contributed by atoms with Crippen LogP contribution in [0, 0.1) is 17.6 Å². The number of nitrogens with zero attached hydrogens (tertiary/aromatic N) is 2. The Morgan fingerprint density at radius 1 is 1.13 bits per heavy atom. The van der Waals surface area contributed by atoms with Crippen LogP contribution < -0.4 is 16.0 Å². The molecule has 3 unspecified atom stereocenters. The molecule has 31 heavy (non-hydrogen) atoms. The molecule has 0 bridgehead atoms. The second-order valence-electron chi connectivity index (χ2n) is 8.56. The molecule has 3 atom stereocenters. The van der Waals surface area contributed by atoms with Gasteiger partial charge in [-0.05, 0) is 58.3 Å². The molecule has 1 aromatic rings. The molecule has 0 heterocycles. The van der Waals surface area contributed by atoms with Gasteiger partial charge in [-0.1, -0.05) is 12.5 Å². The van der Waals surface area contributed by atoms with Gasteiger partial charge in [0.05, 0.1) is 6.04 Å². The molecule has 9 heteroatoms. The van der Waals surface area contributed by atoms with Crippen molar-refractivity contribution < 1.29 is 13.6 Å². The van der Waals surface area contributed by atoms with Gasteiger partial charge in [0.2, 0.25) is 5.91 Å². The Balaban J connectivity index is 0.00000341. The van der Waals surface area contributed by atoms with E-state index in [1.807, 2.05) is 0 Å². The molecule has 0 saturated heterocycles. The van der Waals surface area contributed by atoms with Crippen molar-refractivity contribution in [1.82, 2.24) is 20.9 Å². The van der Waals surface area contributed by atoms with Crippen LogP contribution in [0.4, 0.5) is 8.78 Å². The van der Waals surface area contributed by atoms with Crippen molar-refractivity contribution in [2.75, 3.05) is 27.7 Å². The molecule has 0 radical (unpaired) electrons. The predicted octanol–water partition coefficient (Wildman–Crippen LogP) is 3.19. The van der Waals surface area contributed by atoms with Gasteiger partial charge in [-0.3, -0.25) is 9.79 Å². The number of guanidine groups is 1. The van der Waals surface area contributed by atoms with Crippen molar-refractivity contribution in [3.05, 3.63) is 35.4 Å². The topological polar surface area (TPSA) is 68.8 Å². The molecule has 2 aliphatic rings. The summed E-state index contributed by atoms with van der Waals surface area (Å²) in [4.78, 5) is 18.4. The average Bonchev–Trinajstić information content (AvgIpc) is 3.53. The van der Waals surface area contributed by atoms with Crippen molar-refractivity contribution in [3.63, 3.8) is 0 Å². The summed E-state index contributed by atoms with van der Waals surface area (Å²) < 4.78 is 28.6. The Hall–Kier alpha value is -1.49. The molecule has 3 rings (SSSR count). The number of hydrogen-bond acceptors (Lipinski definition) is 3. The van der Waals surface area contributed by atoms with Crippen molar-refractivity contribution in [1.29, 1.82) is 0 Å². The Morgan fingerprint density at radius 3 is 2.39 bits per heavy atom. The first-order valence-electron chi connectivity index (χ1n) is 10.8. The number of likely N-dealkylation sites (N-methyl/N-ethyl adjacent to an activating group) is 1. The standard InChI is InChI=1S/C22H33F2N5O.HI/c1-25-22(26-13-19(29(2)3)20-17(23)8-5-9-18(20)24)28-16-7-4-6-14(12-16)21(30)27-15-10-11-15;/h5,8-9,14-16,19H,4,6-7,10-13H2,1-3H3,(H,27,30)(H2,25,26,28);1H. The summed E-state index contributed by atoms with van der Waals surface area (Å²) in [6.45, 7) is 0.294. The maximum atomic E-state index is 14.3. The van der Waals surface area contributed by atoms with Gasteiger partial charge in [-0.2, -0.15) is 0 Å². The fourth-order valence-corrected chi connectivity index (χ4v) is 4.06. The predicted molar refractivity (Wildman–Crippen MR) is 130 cm³/mol. The average molecular weight is 549 g/mol. The molecule has 2 aliphatic carbocycles. The highest BCUT2D eigenvalue weighted by Crippen LogP contribution is 2.27. The zero-order chi connectivity index (χ0) is 21.7. The van der Waals surface area contributed by atoms with E-state index in [9.17, 15) is 13.6 Å². The van der Waals surface area contributed by atoms with Crippen LogP contribution >= 0.6 is 24.0 Å². The molecule has 0 spiro atoms. The summed E-state index contributed by atoms with van der Waals surface area (Å²) in [5, 5.41) is 9.69. The number of carbonyl (C=O) groups excluding carboxylic acids is 1. The van der Waals surface area contributed by atoms with Crippen molar-refractivity contribution in [2.24, 2.45) is 10.9 Å². The highest BCUT2D eigenvalue weighted by molar-refractivity contribution is 14.0. The minimum atomic E-state index is -0.560. The molecule has 2 fully saturated rings. The van der Waals surface area contributed by atoms with Crippen LogP contribution in [-0.2, 0) is 4.79 Å². The highest BCUT2D eigenvalue weighted by Gasteiger charge is 2.31. The maximum absolute atomic E-state index is 14.3. The zero-order valence-corrected chi connectivity index (χ0v) is 20.8. The van der Waals surface area contributed by atoms with Gasteiger partial charge in [-0.15, -0.1) is 24.0 Å². The minimum absolute atomic E-state index is 0. The van der Waals surface area contributed by atoms with Gasteiger partial charge < -0.3 is 20.9 Å². The number of halogens is 3. The van der Waals surface area contributed by atoms with Gasteiger partial charge in [0, 0.05) is 37.2 Å². The van der Waals surface area contributed by atoms with E-state index in [1.54, 1.807) is 26.0 Å². The van der Waals surface area contributed by atoms with E-state index in [-0.39, 0.29) is 47.4 Å². The van der Waals surface area contributed by atoms with E-state index >= 15 is 0 Å². The van der Waals surface area contributed by atoms with Gasteiger partial charge in [0.25, 0.3) is 0 Å². The van der Waals surface area contributed by atoms with E-state index in [0.717, 1.165) is 38.5 Å². The van der Waals surface area contributed by atoms with Crippen LogP contribution in [0.3, 0.4) is 0 Å². The molecule has 174 valence electrons. The summed E-state index contributed by atoms with van der Waals surface area (Å²) in [6, 6.07) is 3.94. The van der Waals surface area contributed by atoms with E-state index in [0.29, 0.717) is 18.5 Å². The Morgan fingerprint density at radius 2 is 1.81 bits per heavy atom. The molecule has 0 aromatic heterocycles. The fourth-order valence-electron chi connectivity index (χ4n) is 4.06. The van der Waals surface area contributed by atoms with Crippen molar-refractivity contribution in [3.8, 4) is 0 Å². The monoisotopic (exact) mass is 549 g/mol. The summed E-state index contributed by atoms with van der Waals surface area (Å²) in [5.74, 6) is -0.357. The van der Waals surface area contributed by atoms with E-state index in [4.69, 9.17) is 0 Å². The van der Waals surface area contributed by atoms with Gasteiger partial charge in [-0.25, -0.2) is 8.78 Å². The largest absolute Gasteiger partial charge is 0.354 e. The first kappa shape index (κ1) is 25.8. The Kier molecular flexibility index (Phi) is 9.92. The molecule has 0 aliphatic heterocycles. The smallest absolute Gasteiger partial charge is 0.223 e. The summed E-state index contributed by atoms with van der Waals surface area (Å²) in [6.07, 6.45) is 5.81. The molecule has 1 aromatic carbocycles. The second kappa shape index (κ2) is 11.9. The number of nitrogens with one attached hydrogen (secondary N) is 3. The van der Waals surface area contributed by atoms with Crippen LogP contribution in [0.1, 0.15) is 50.1 Å². The lowest BCUT2D eigenvalue weighted by Crippen LogP contribution is -2.48. The molecule has 3 N–H and O–H groups in total. The number of amides is 1. The van der Waals surface area contributed by atoms with Gasteiger partial charge in [0.1, 0.15) is 11.6 Å². The third-order valence-electron chi connectivity index (χ3n) is 5.95. The SMILES string of the molecule is CN=C(NCC(c1c(F)cccc1F)N(C)C)NC1CCCC(C(=O)NC2CC2)C1.I. The van der Waals surface area contributed by atoms with Crippen LogP contribution in [-0.4, -0.2) is 56.5 Å². The minimum Gasteiger partial charge on any atom is -0.354 e. The van der Waals surface area contributed by atoms with Crippen LogP contribution in [0.5, 0.6) is 0 Å². The number of carbonyl (C=O) groups is 1. The molecular formula is C22H34F2IN5O. The second-order valence-corrected chi connectivity index (χ2v) is 8.56. The molecule has 2 saturated carbocycles. The third-order valence-corrected chi connectivity index (χ3v) is 5.95. The van der Waals surface area contributed by atoms with Gasteiger partial charge in [0.15, 0.2) is 5.96 Å². The van der Waals surface area contributed by atoms with Crippen molar-refractivity contribution in [2.45, 2.75) is 56.7 Å². The van der Waals surface area contributed by atoms with Crippen LogP contribution in [0.2, 0.25) is 0 Å². The molecule has 6 nitrogen and oxygen atoms in total. The first-order chi connectivity index (χ1) is 14.4. The summed E-state index contributed by atoms with van der Waals surface area (Å²) in [7, 11) is 5.25. The summed E-state index contributed by atoms with van der Waals surface area (Å²) in [5.41, 5.74) is 0.0416. The number of benzene rings is 1. The lowest BCUT2D eigenvalue weighted by molar-refractivity contribution is -0.126. The zero-order valence-electron chi connectivity index (χ0n) is 18.5. The molecular weight excluding hydrogens is 515 g/mol. The van der Waals surface area contributed by atoms with E-state index in [1.165, 1.54) is 18.2 Å².